The summed E-state index contributed by atoms with van der Waals surface area (Å²) in [5, 5.41) is 2.96. The standard InChI is InChI=1S/C20H17N3O.C6H14N2/c1-12-8-13(2)22-18(12)10-17-16-6-5-14(9-19(16)23-20(17)24)15-4-3-7-21-11-15;7-3-6-8-4-1-2-5-8/h3-11,22H,1-2H3,(H,23,24);1-7H2. The fourth-order valence-corrected chi connectivity index (χ4v) is 4.28. The zero-order valence-electron chi connectivity index (χ0n) is 18.8. The van der Waals surface area contributed by atoms with Crippen LogP contribution in [0.4, 0.5) is 5.69 Å². The molecule has 0 saturated carbocycles. The average Bonchev–Trinajstić information content (AvgIpc) is 3.49. The lowest BCUT2D eigenvalue weighted by Gasteiger charge is -2.11. The van der Waals surface area contributed by atoms with Crippen molar-refractivity contribution in [2.24, 2.45) is 5.73 Å². The minimum absolute atomic E-state index is 0.0695. The van der Waals surface area contributed by atoms with Crippen molar-refractivity contribution in [1.82, 2.24) is 14.9 Å². The molecule has 0 atom stereocenters. The summed E-state index contributed by atoms with van der Waals surface area (Å²) in [6, 6.07) is 12.0. The second-order valence-corrected chi connectivity index (χ2v) is 8.40. The van der Waals surface area contributed by atoms with Crippen LogP contribution in [0.5, 0.6) is 0 Å². The van der Waals surface area contributed by atoms with E-state index in [0.29, 0.717) is 5.57 Å². The highest BCUT2D eigenvalue weighted by Gasteiger charge is 2.24. The van der Waals surface area contributed by atoms with Crippen molar-refractivity contribution in [2.75, 3.05) is 31.5 Å². The van der Waals surface area contributed by atoms with E-state index in [1.54, 1.807) is 6.20 Å². The average molecular weight is 430 g/mol. The van der Waals surface area contributed by atoms with E-state index in [-0.39, 0.29) is 5.91 Å². The first-order valence-electron chi connectivity index (χ1n) is 11.2. The van der Waals surface area contributed by atoms with Crippen LogP contribution in [0.3, 0.4) is 0 Å². The third-order valence-corrected chi connectivity index (χ3v) is 5.92. The molecule has 0 aliphatic carbocycles. The molecule has 1 amide bonds. The molecule has 0 bridgehead atoms. The second-order valence-electron chi connectivity index (χ2n) is 8.40. The van der Waals surface area contributed by atoms with Crippen LogP contribution >= 0.6 is 0 Å². The molecule has 6 heteroatoms. The molecule has 4 heterocycles. The number of carbonyl (C=O) groups excluding carboxylic acids is 1. The molecular formula is C26H31N5O. The molecule has 6 nitrogen and oxygen atoms in total. The molecule has 1 fully saturated rings. The van der Waals surface area contributed by atoms with Gasteiger partial charge in [0.2, 0.25) is 0 Å². The van der Waals surface area contributed by atoms with E-state index >= 15 is 0 Å². The number of aryl methyl sites for hydroxylation is 2. The number of benzene rings is 1. The summed E-state index contributed by atoms with van der Waals surface area (Å²) in [6.07, 6.45) is 8.24. The van der Waals surface area contributed by atoms with Gasteiger partial charge in [0.25, 0.3) is 5.91 Å². The maximum absolute atomic E-state index is 12.4. The van der Waals surface area contributed by atoms with Crippen LogP contribution in [0, 0.1) is 13.8 Å². The normalized spacial score (nSPS) is 16.6. The maximum Gasteiger partial charge on any atom is 0.256 e. The Hall–Kier alpha value is -3.22. The summed E-state index contributed by atoms with van der Waals surface area (Å²) >= 11 is 0. The maximum atomic E-state index is 12.4. The van der Waals surface area contributed by atoms with Gasteiger partial charge in [-0.15, -0.1) is 0 Å². The Morgan fingerprint density at radius 3 is 2.59 bits per heavy atom. The Bertz CT molecular complexity index is 1110. The van der Waals surface area contributed by atoms with E-state index in [4.69, 9.17) is 5.73 Å². The van der Waals surface area contributed by atoms with Crippen LogP contribution in [0.25, 0.3) is 22.8 Å². The number of H-pyrrole nitrogens is 1. The number of amides is 1. The van der Waals surface area contributed by atoms with Crippen molar-refractivity contribution in [2.45, 2.75) is 26.7 Å². The number of fused-ring (bicyclic) bond motifs is 1. The van der Waals surface area contributed by atoms with Gasteiger partial charge in [-0.05, 0) is 75.2 Å². The molecule has 4 N–H and O–H groups in total. The van der Waals surface area contributed by atoms with Gasteiger partial charge in [0.15, 0.2) is 0 Å². The van der Waals surface area contributed by atoms with E-state index < -0.39 is 0 Å². The fourth-order valence-electron chi connectivity index (χ4n) is 4.28. The van der Waals surface area contributed by atoms with Gasteiger partial charge >= 0.3 is 0 Å². The number of anilines is 1. The summed E-state index contributed by atoms with van der Waals surface area (Å²) in [6.45, 7) is 8.52. The Morgan fingerprint density at radius 2 is 1.94 bits per heavy atom. The smallest absolute Gasteiger partial charge is 0.256 e. The number of rotatable bonds is 4. The Labute approximate surface area is 189 Å². The quantitative estimate of drug-likeness (QED) is 0.542. The number of pyridine rings is 1. The van der Waals surface area contributed by atoms with Crippen LogP contribution in [-0.2, 0) is 4.79 Å². The molecule has 0 spiro atoms. The lowest BCUT2D eigenvalue weighted by molar-refractivity contribution is -0.110. The summed E-state index contributed by atoms with van der Waals surface area (Å²) in [5.74, 6) is -0.0695. The second kappa shape index (κ2) is 9.94. The first-order chi connectivity index (χ1) is 15.5. The van der Waals surface area contributed by atoms with Gasteiger partial charge < -0.3 is 20.9 Å². The number of hydrogen-bond acceptors (Lipinski definition) is 4. The molecule has 0 radical (unpaired) electrons. The lowest BCUT2D eigenvalue weighted by atomic mass is 10.0. The Kier molecular flexibility index (Phi) is 6.83. The van der Waals surface area contributed by atoms with Gasteiger partial charge in [0.05, 0.1) is 5.57 Å². The lowest BCUT2D eigenvalue weighted by Crippen LogP contribution is -2.26. The molecule has 2 aliphatic heterocycles. The summed E-state index contributed by atoms with van der Waals surface area (Å²) < 4.78 is 0. The number of nitrogens with zero attached hydrogens (tertiary/aromatic N) is 2. The van der Waals surface area contributed by atoms with Gasteiger partial charge in [-0.25, -0.2) is 0 Å². The van der Waals surface area contributed by atoms with Gasteiger partial charge in [-0.2, -0.15) is 0 Å². The number of nitrogens with two attached hydrogens (primary N) is 1. The third kappa shape index (κ3) is 4.98. The summed E-state index contributed by atoms with van der Waals surface area (Å²) in [5.41, 5.74) is 13.1. The van der Waals surface area contributed by atoms with Crippen LogP contribution in [0.1, 0.15) is 35.4 Å². The number of aromatic nitrogens is 2. The molecule has 5 rings (SSSR count). The van der Waals surface area contributed by atoms with Crippen LogP contribution in [-0.4, -0.2) is 47.0 Å². The first kappa shape index (κ1) is 22.0. The van der Waals surface area contributed by atoms with Crippen molar-refractivity contribution < 1.29 is 4.79 Å². The SMILES string of the molecule is Cc1cc(C)c(C=C2C(=O)Nc3cc(-c4cccnc4)ccc32)[nH]1.NCCN1CCCC1. The van der Waals surface area contributed by atoms with E-state index in [1.165, 1.54) is 25.9 Å². The summed E-state index contributed by atoms with van der Waals surface area (Å²) in [4.78, 5) is 22.3. The van der Waals surface area contributed by atoms with Crippen molar-refractivity contribution in [3.05, 3.63) is 71.3 Å². The van der Waals surface area contributed by atoms with Crippen molar-refractivity contribution >= 4 is 23.2 Å². The predicted octanol–water partition coefficient (Wildman–Crippen LogP) is 4.23. The minimum Gasteiger partial charge on any atom is -0.359 e. The molecule has 0 unspecified atom stereocenters. The van der Waals surface area contributed by atoms with Crippen LogP contribution in [0.15, 0.2) is 48.8 Å². The number of hydrogen-bond donors (Lipinski definition) is 3. The topological polar surface area (TPSA) is 87.0 Å². The Balaban J connectivity index is 0.000000260. The van der Waals surface area contributed by atoms with Crippen LogP contribution in [0.2, 0.25) is 0 Å². The zero-order valence-corrected chi connectivity index (χ0v) is 18.8. The molecule has 1 aromatic carbocycles. The summed E-state index contributed by atoms with van der Waals surface area (Å²) in [7, 11) is 0. The van der Waals surface area contributed by atoms with Crippen molar-refractivity contribution in [1.29, 1.82) is 0 Å². The van der Waals surface area contributed by atoms with Gasteiger partial charge in [0, 0.05) is 53.7 Å². The predicted molar refractivity (Wildman–Crippen MR) is 131 cm³/mol. The highest BCUT2D eigenvalue weighted by atomic mass is 16.2. The van der Waals surface area contributed by atoms with Gasteiger partial charge in [-0.3, -0.25) is 9.78 Å². The number of nitrogens with one attached hydrogen (secondary N) is 2. The van der Waals surface area contributed by atoms with E-state index in [1.807, 2.05) is 56.5 Å². The molecular weight excluding hydrogens is 398 g/mol. The molecule has 2 aromatic heterocycles. The molecule has 32 heavy (non-hydrogen) atoms. The monoisotopic (exact) mass is 429 g/mol. The zero-order chi connectivity index (χ0) is 22.5. The van der Waals surface area contributed by atoms with Crippen molar-refractivity contribution in [3.8, 4) is 11.1 Å². The van der Waals surface area contributed by atoms with Gasteiger partial charge in [-0.1, -0.05) is 18.2 Å². The van der Waals surface area contributed by atoms with E-state index in [2.05, 4.69) is 26.3 Å². The number of carbonyl (C=O) groups is 1. The Morgan fingerprint density at radius 1 is 1.12 bits per heavy atom. The molecule has 2 aliphatic rings. The molecule has 3 aromatic rings. The van der Waals surface area contributed by atoms with E-state index in [0.717, 1.165) is 52.4 Å². The molecule has 1 saturated heterocycles. The largest absolute Gasteiger partial charge is 0.359 e. The fraction of sp³-hybridized carbons (Fsp3) is 0.308. The highest BCUT2D eigenvalue weighted by molar-refractivity contribution is 6.35. The number of likely N-dealkylation sites (tertiary alicyclic amines) is 1. The third-order valence-electron chi connectivity index (χ3n) is 5.92. The van der Waals surface area contributed by atoms with Gasteiger partial charge in [0.1, 0.15) is 0 Å². The minimum atomic E-state index is -0.0695. The number of aromatic amines is 1. The van der Waals surface area contributed by atoms with Crippen LogP contribution < -0.4 is 11.1 Å². The van der Waals surface area contributed by atoms with Crippen molar-refractivity contribution in [3.63, 3.8) is 0 Å². The van der Waals surface area contributed by atoms with E-state index in [9.17, 15) is 4.79 Å². The highest BCUT2D eigenvalue weighted by Crippen LogP contribution is 2.36. The first-order valence-corrected chi connectivity index (χ1v) is 11.2. The molecule has 166 valence electrons.